The van der Waals surface area contributed by atoms with Gasteiger partial charge in [-0.2, -0.15) is 0 Å². The Morgan fingerprint density at radius 1 is 0.829 bits per heavy atom. The number of carbonyl (C=O) groups excluding carboxylic acids is 5. The van der Waals surface area contributed by atoms with Crippen molar-refractivity contribution in [3.05, 3.63) is 0 Å². The number of carboxylic acid groups (broad SMARTS) is 1. The first kappa shape index (κ1) is 34.0. The summed E-state index contributed by atoms with van der Waals surface area (Å²) < 4.78 is 0. The van der Waals surface area contributed by atoms with Crippen LogP contribution in [0.25, 0.3) is 0 Å². The Hall–Kier alpha value is -3.22. The molecule has 2 aliphatic heterocycles. The zero-order valence-electron chi connectivity index (χ0n) is 25.1. The zero-order chi connectivity index (χ0) is 30.9. The van der Waals surface area contributed by atoms with Gasteiger partial charge in [0, 0.05) is 6.54 Å². The van der Waals surface area contributed by atoms with E-state index in [1.165, 1.54) is 4.90 Å². The third-order valence-electron chi connectivity index (χ3n) is 7.48. The van der Waals surface area contributed by atoms with Gasteiger partial charge in [0.1, 0.15) is 24.2 Å². The fourth-order valence-corrected chi connectivity index (χ4v) is 5.15. The summed E-state index contributed by atoms with van der Waals surface area (Å²) in [5.74, 6) is -3.95. The number of amides is 5. The lowest BCUT2D eigenvalue weighted by Crippen LogP contribution is -2.58. The van der Waals surface area contributed by atoms with E-state index < -0.39 is 53.8 Å². The molecule has 6 N–H and O–H groups in total. The molecule has 0 radical (unpaired) electrons. The van der Waals surface area contributed by atoms with Crippen molar-refractivity contribution in [3.8, 4) is 0 Å². The van der Waals surface area contributed by atoms with Gasteiger partial charge in [0.25, 0.3) is 0 Å². The van der Waals surface area contributed by atoms with Crippen LogP contribution < -0.4 is 26.6 Å². The molecule has 0 aromatic rings. The predicted molar refractivity (Wildman–Crippen MR) is 151 cm³/mol. The molecule has 41 heavy (non-hydrogen) atoms. The fourth-order valence-electron chi connectivity index (χ4n) is 5.15. The maximum Gasteiger partial charge on any atom is 0.326 e. The minimum atomic E-state index is -1.15. The second kappa shape index (κ2) is 15.7. The summed E-state index contributed by atoms with van der Waals surface area (Å²) in [6.07, 6.45) is 2.86. The molecule has 2 aliphatic rings. The van der Waals surface area contributed by atoms with Crippen LogP contribution in [0.5, 0.6) is 0 Å². The van der Waals surface area contributed by atoms with Crippen LogP contribution in [-0.2, 0) is 28.8 Å². The number of nitrogens with zero attached hydrogens (tertiary/aromatic N) is 1. The van der Waals surface area contributed by atoms with Gasteiger partial charge in [0.05, 0.1) is 12.6 Å². The fraction of sp³-hybridized carbons (Fsp3) is 0.786. The van der Waals surface area contributed by atoms with Gasteiger partial charge in [-0.05, 0) is 56.4 Å². The smallest absolute Gasteiger partial charge is 0.326 e. The third kappa shape index (κ3) is 9.98. The summed E-state index contributed by atoms with van der Waals surface area (Å²) in [6.45, 7) is 11.5. The summed E-state index contributed by atoms with van der Waals surface area (Å²) in [7, 11) is 0. The Kier molecular flexibility index (Phi) is 13.0. The standard InChI is InChI=1S/C28H48N6O7/c1-15(2)13-19(31-27(39)22(16(3)4)32-25(37)18-9-7-11-29-18)24(36)30-14-21(35)34-12-8-10-20(34)26(38)33-23(17(5)6)28(40)41/h15-20,22-23,29H,7-14H2,1-6H3,(H,30,36)(H,31,39)(H,32,37)(H,33,38)(H,40,41). The zero-order valence-corrected chi connectivity index (χ0v) is 25.1. The SMILES string of the molecule is CC(C)CC(NC(=O)C(NC(=O)C1CCCN1)C(C)C)C(=O)NCC(=O)N1CCCC1C(=O)NC(C(=O)O)C(C)C. The molecule has 0 aliphatic carbocycles. The Morgan fingerprint density at radius 3 is 2.00 bits per heavy atom. The van der Waals surface area contributed by atoms with E-state index in [4.69, 9.17) is 0 Å². The van der Waals surface area contributed by atoms with Crippen molar-refractivity contribution in [2.24, 2.45) is 17.8 Å². The normalized spacial score (nSPS) is 21.0. The Morgan fingerprint density at radius 2 is 1.46 bits per heavy atom. The minimum absolute atomic E-state index is 0.0475. The van der Waals surface area contributed by atoms with Crippen molar-refractivity contribution >= 4 is 35.5 Å². The van der Waals surface area contributed by atoms with Crippen molar-refractivity contribution in [2.75, 3.05) is 19.6 Å². The van der Waals surface area contributed by atoms with E-state index in [1.807, 2.05) is 27.7 Å². The second-order valence-corrected chi connectivity index (χ2v) is 12.1. The first-order chi connectivity index (χ1) is 19.2. The summed E-state index contributed by atoms with van der Waals surface area (Å²) in [5, 5.41) is 23.2. The lowest BCUT2D eigenvalue weighted by Gasteiger charge is -2.28. The quantitative estimate of drug-likeness (QED) is 0.162. The monoisotopic (exact) mass is 580 g/mol. The van der Waals surface area contributed by atoms with Crippen molar-refractivity contribution in [3.63, 3.8) is 0 Å². The molecule has 5 atom stereocenters. The van der Waals surface area contributed by atoms with Crippen molar-refractivity contribution in [1.29, 1.82) is 0 Å². The molecule has 5 unspecified atom stereocenters. The van der Waals surface area contributed by atoms with Gasteiger partial charge in [-0.25, -0.2) is 4.79 Å². The lowest BCUT2D eigenvalue weighted by molar-refractivity contribution is -0.145. The second-order valence-electron chi connectivity index (χ2n) is 12.1. The molecule has 2 heterocycles. The molecule has 0 bridgehead atoms. The van der Waals surface area contributed by atoms with E-state index in [2.05, 4.69) is 26.6 Å². The molecule has 232 valence electrons. The summed E-state index contributed by atoms with van der Waals surface area (Å²) >= 11 is 0. The summed E-state index contributed by atoms with van der Waals surface area (Å²) in [4.78, 5) is 77.6. The average Bonchev–Trinajstić information content (AvgIpc) is 3.60. The molecule has 0 spiro atoms. The lowest BCUT2D eigenvalue weighted by atomic mass is 9.99. The number of aliphatic carboxylic acids is 1. The van der Waals surface area contributed by atoms with E-state index in [-0.39, 0.29) is 36.2 Å². The molecular weight excluding hydrogens is 532 g/mol. The van der Waals surface area contributed by atoms with E-state index in [1.54, 1.807) is 13.8 Å². The van der Waals surface area contributed by atoms with Gasteiger partial charge in [-0.15, -0.1) is 0 Å². The van der Waals surface area contributed by atoms with Crippen molar-refractivity contribution in [2.45, 2.75) is 104 Å². The van der Waals surface area contributed by atoms with E-state index >= 15 is 0 Å². The Bertz CT molecular complexity index is 964. The van der Waals surface area contributed by atoms with Gasteiger partial charge in [0.15, 0.2) is 0 Å². The van der Waals surface area contributed by atoms with Crippen LogP contribution in [0, 0.1) is 17.8 Å². The minimum Gasteiger partial charge on any atom is -0.480 e. The first-order valence-corrected chi connectivity index (χ1v) is 14.7. The van der Waals surface area contributed by atoms with Gasteiger partial charge in [-0.3, -0.25) is 24.0 Å². The highest BCUT2D eigenvalue weighted by Gasteiger charge is 2.37. The average molecular weight is 581 g/mol. The molecule has 2 saturated heterocycles. The Balaban J connectivity index is 2.01. The topological polar surface area (TPSA) is 186 Å². The Labute approximate surface area is 242 Å². The number of likely N-dealkylation sites (tertiary alicyclic amines) is 1. The van der Waals surface area contributed by atoms with Crippen molar-refractivity contribution in [1.82, 2.24) is 31.5 Å². The van der Waals surface area contributed by atoms with Gasteiger partial charge in [0.2, 0.25) is 29.5 Å². The highest BCUT2D eigenvalue weighted by Crippen LogP contribution is 2.18. The number of rotatable bonds is 14. The molecule has 0 aromatic heterocycles. The molecular formula is C28H48N6O7. The van der Waals surface area contributed by atoms with Crippen LogP contribution in [0.2, 0.25) is 0 Å². The summed E-state index contributed by atoms with van der Waals surface area (Å²) in [5.41, 5.74) is 0. The molecule has 2 rings (SSSR count). The van der Waals surface area contributed by atoms with E-state index in [0.717, 1.165) is 13.0 Å². The maximum absolute atomic E-state index is 13.2. The molecule has 13 heteroatoms. The highest BCUT2D eigenvalue weighted by atomic mass is 16.4. The molecule has 13 nitrogen and oxygen atoms in total. The van der Waals surface area contributed by atoms with Crippen LogP contribution in [-0.4, -0.2) is 95.4 Å². The summed E-state index contributed by atoms with van der Waals surface area (Å²) in [6, 6.07) is -4.01. The predicted octanol–water partition coefficient (Wildman–Crippen LogP) is -0.257. The van der Waals surface area contributed by atoms with Crippen LogP contribution in [0.15, 0.2) is 0 Å². The van der Waals surface area contributed by atoms with Crippen LogP contribution >= 0.6 is 0 Å². The van der Waals surface area contributed by atoms with Crippen molar-refractivity contribution < 1.29 is 33.9 Å². The number of carbonyl (C=O) groups is 6. The van der Waals surface area contributed by atoms with E-state index in [0.29, 0.717) is 32.2 Å². The molecule has 2 fully saturated rings. The first-order valence-electron chi connectivity index (χ1n) is 14.7. The van der Waals surface area contributed by atoms with Gasteiger partial charge < -0.3 is 36.6 Å². The number of hydrogen-bond acceptors (Lipinski definition) is 7. The molecule has 5 amide bonds. The number of carboxylic acids is 1. The number of hydrogen-bond donors (Lipinski definition) is 6. The highest BCUT2D eigenvalue weighted by molar-refractivity contribution is 5.95. The maximum atomic E-state index is 13.2. The van der Waals surface area contributed by atoms with Crippen LogP contribution in [0.1, 0.15) is 73.6 Å². The van der Waals surface area contributed by atoms with Crippen LogP contribution in [0.4, 0.5) is 0 Å². The molecule has 0 aromatic carbocycles. The van der Waals surface area contributed by atoms with Crippen LogP contribution in [0.3, 0.4) is 0 Å². The number of nitrogens with one attached hydrogen (secondary N) is 5. The van der Waals surface area contributed by atoms with E-state index in [9.17, 15) is 33.9 Å². The third-order valence-corrected chi connectivity index (χ3v) is 7.48. The van der Waals surface area contributed by atoms with Gasteiger partial charge in [-0.1, -0.05) is 41.5 Å². The largest absolute Gasteiger partial charge is 0.480 e. The molecule has 0 saturated carbocycles. The van der Waals surface area contributed by atoms with Gasteiger partial charge >= 0.3 is 5.97 Å².